The van der Waals surface area contributed by atoms with Crippen LogP contribution in [-0.4, -0.2) is 17.6 Å². The lowest BCUT2D eigenvalue weighted by Gasteiger charge is -2.32. The van der Waals surface area contributed by atoms with E-state index >= 15 is 0 Å². The van der Waals surface area contributed by atoms with Gasteiger partial charge in [0.2, 0.25) is 0 Å². The topological polar surface area (TPSA) is 63.3 Å². The molecule has 1 aliphatic carbocycles. The number of rotatable bonds is 3. The average Bonchev–Trinajstić information content (AvgIpc) is 2.33. The number of nitrogens with two attached hydrogens (primary N) is 1. The number of hydrogen-bond acceptors (Lipinski definition) is 2. The fourth-order valence-electron chi connectivity index (χ4n) is 2.51. The Kier molecular flexibility index (Phi) is 2.96. The third kappa shape index (κ3) is 1.85. The van der Waals surface area contributed by atoms with Crippen molar-refractivity contribution >= 4 is 5.97 Å². The second-order valence-corrected chi connectivity index (χ2v) is 4.44. The fraction of sp³-hybridized carbons (Fsp3) is 0.900. The van der Waals surface area contributed by atoms with Gasteiger partial charge in [0.1, 0.15) is 0 Å². The standard InChI is InChI=1S/C10H19NO2/c1-7-3-4-10(6-11,8(7)2)5-9(12)13/h7-8H,3-6,11H2,1-2H3,(H,12,13)/t7-,8+,10-/m1/s1. The van der Waals surface area contributed by atoms with Crippen molar-refractivity contribution in [3.05, 3.63) is 0 Å². The molecule has 1 fully saturated rings. The molecule has 3 nitrogen and oxygen atoms in total. The summed E-state index contributed by atoms with van der Waals surface area (Å²) in [6, 6.07) is 0. The first-order valence-corrected chi connectivity index (χ1v) is 4.94. The summed E-state index contributed by atoms with van der Waals surface area (Å²) in [7, 11) is 0. The molecular formula is C10H19NO2. The van der Waals surface area contributed by atoms with Gasteiger partial charge in [-0.15, -0.1) is 0 Å². The largest absolute Gasteiger partial charge is 0.481 e. The molecule has 0 radical (unpaired) electrons. The van der Waals surface area contributed by atoms with Crippen LogP contribution in [0.3, 0.4) is 0 Å². The van der Waals surface area contributed by atoms with E-state index < -0.39 is 5.97 Å². The third-order valence-corrected chi connectivity index (χ3v) is 3.83. The van der Waals surface area contributed by atoms with Crippen molar-refractivity contribution < 1.29 is 9.90 Å². The number of carboxylic acids is 1. The van der Waals surface area contributed by atoms with Gasteiger partial charge in [-0.1, -0.05) is 13.8 Å². The predicted molar refractivity (Wildman–Crippen MR) is 51.3 cm³/mol. The van der Waals surface area contributed by atoms with Gasteiger partial charge in [0.05, 0.1) is 6.42 Å². The maximum atomic E-state index is 10.7. The zero-order valence-corrected chi connectivity index (χ0v) is 8.42. The second-order valence-electron chi connectivity index (χ2n) is 4.44. The van der Waals surface area contributed by atoms with Gasteiger partial charge in [-0.2, -0.15) is 0 Å². The highest BCUT2D eigenvalue weighted by atomic mass is 16.4. The number of aliphatic carboxylic acids is 1. The average molecular weight is 185 g/mol. The molecule has 1 rings (SSSR count). The molecule has 0 unspecified atom stereocenters. The molecule has 0 heterocycles. The molecule has 0 aliphatic heterocycles. The van der Waals surface area contributed by atoms with Crippen molar-refractivity contribution in [2.24, 2.45) is 23.0 Å². The van der Waals surface area contributed by atoms with Gasteiger partial charge in [0.25, 0.3) is 0 Å². The van der Waals surface area contributed by atoms with Gasteiger partial charge in [0.15, 0.2) is 0 Å². The lowest BCUT2D eigenvalue weighted by Crippen LogP contribution is -2.36. The second kappa shape index (κ2) is 3.66. The van der Waals surface area contributed by atoms with Crippen molar-refractivity contribution in [3.63, 3.8) is 0 Å². The first-order valence-electron chi connectivity index (χ1n) is 4.94. The van der Waals surface area contributed by atoms with Crippen LogP contribution >= 0.6 is 0 Å². The van der Waals surface area contributed by atoms with E-state index in [0.29, 0.717) is 18.4 Å². The maximum Gasteiger partial charge on any atom is 0.303 e. The van der Waals surface area contributed by atoms with Crippen LogP contribution in [0.15, 0.2) is 0 Å². The van der Waals surface area contributed by atoms with Crippen molar-refractivity contribution in [1.29, 1.82) is 0 Å². The minimum Gasteiger partial charge on any atom is -0.481 e. The lowest BCUT2D eigenvalue weighted by atomic mass is 9.74. The van der Waals surface area contributed by atoms with E-state index in [1.165, 1.54) is 0 Å². The minimum atomic E-state index is -0.716. The summed E-state index contributed by atoms with van der Waals surface area (Å²) in [6.07, 6.45) is 2.32. The molecule has 0 bridgehead atoms. The molecule has 0 saturated heterocycles. The monoisotopic (exact) mass is 185 g/mol. The highest BCUT2D eigenvalue weighted by Gasteiger charge is 2.44. The van der Waals surface area contributed by atoms with Crippen LogP contribution in [0.4, 0.5) is 0 Å². The Labute approximate surface area is 79.3 Å². The van der Waals surface area contributed by atoms with Gasteiger partial charge in [-0.3, -0.25) is 4.79 Å². The van der Waals surface area contributed by atoms with Crippen molar-refractivity contribution in [2.45, 2.75) is 33.1 Å². The summed E-state index contributed by atoms with van der Waals surface area (Å²) in [5.41, 5.74) is 5.57. The fourth-order valence-corrected chi connectivity index (χ4v) is 2.51. The summed E-state index contributed by atoms with van der Waals surface area (Å²) in [6.45, 7) is 4.82. The van der Waals surface area contributed by atoms with Crippen molar-refractivity contribution in [3.8, 4) is 0 Å². The van der Waals surface area contributed by atoms with Gasteiger partial charge < -0.3 is 10.8 Å². The van der Waals surface area contributed by atoms with Crippen LogP contribution in [-0.2, 0) is 4.79 Å². The third-order valence-electron chi connectivity index (χ3n) is 3.83. The maximum absolute atomic E-state index is 10.7. The summed E-state index contributed by atoms with van der Waals surface area (Å²) in [5, 5.41) is 8.82. The van der Waals surface area contributed by atoms with Gasteiger partial charge in [-0.05, 0) is 36.6 Å². The van der Waals surface area contributed by atoms with Gasteiger partial charge in [-0.25, -0.2) is 0 Å². The van der Waals surface area contributed by atoms with E-state index in [2.05, 4.69) is 13.8 Å². The van der Waals surface area contributed by atoms with Crippen LogP contribution in [0, 0.1) is 17.3 Å². The van der Waals surface area contributed by atoms with Crippen LogP contribution in [0.5, 0.6) is 0 Å². The molecule has 3 atom stereocenters. The van der Waals surface area contributed by atoms with E-state index in [-0.39, 0.29) is 11.8 Å². The van der Waals surface area contributed by atoms with E-state index in [0.717, 1.165) is 12.8 Å². The Bertz CT molecular complexity index is 205. The van der Waals surface area contributed by atoms with Crippen LogP contribution in [0.25, 0.3) is 0 Å². The highest BCUT2D eigenvalue weighted by Crippen LogP contribution is 2.48. The van der Waals surface area contributed by atoms with Crippen molar-refractivity contribution in [1.82, 2.24) is 0 Å². The van der Waals surface area contributed by atoms with E-state index in [1.54, 1.807) is 0 Å². The summed E-state index contributed by atoms with van der Waals surface area (Å²) in [4.78, 5) is 10.7. The molecule has 0 spiro atoms. The molecule has 0 aromatic rings. The molecule has 0 amide bonds. The Hall–Kier alpha value is -0.570. The Morgan fingerprint density at radius 1 is 1.62 bits per heavy atom. The predicted octanol–water partition coefficient (Wildman–Crippen LogP) is 1.47. The molecule has 13 heavy (non-hydrogen) atoms. The molecule has 0 aromatic carbocycles. The van der Waals surface area contributed by atoms with Crippen molar-refractivity contribution in [2.75, 3.05) is 6.54 Å². The van der Waals surface area contributed by atoms with Gasteiger partial charge in [0, 0.05) is 0 Å². The van der Waals surface area contributed by atoms with E-state index in [9.17, 15) is 4.79 Å². The number of hydrogen-bond donors (Lipinski definition) is 2. The molecule has 1 saturated carbocycles. The molecule has 3 heteroatoms. The molecule has 76 valence electrons. The Morgan fingerprint density at radius 3 is 2.54 bits per heavy atom. The number of carbonyl (C=O) groups is 1. The molecular weight excluding hydrogens is 166 g/mol. The smallest absolute Gasteiger partial charge is 0.303 e. The quantitative estimate of drug-likeness (QED) is 0.700. The van der Waals surface area contributed by atoms with E-state index in [4.69, 9.17) is 10.8 Å². The first-order chi connectivity index (χ1) is 6.02. The summed E-state index contributed by atoms with van der Waals surface area (Å²) >= 11 is 0. The Balaban J connectivity index is 2.75. The summed E-state index contributed by atoms with van der Waals surface area (Å²) < 4.78 is 0. The SMILES string of the molecule is C[C@@H]1CC[C@](CN)(CC(=O)O)[C@H]1C. The number of carboxylic acid groups (broad SMARTS) is 1. The van der Waals surface area contributed by atoms with Crippen LogP contribution in [0.2, 0.25) is 0 Å². The van der Waals surface area contributed by atoms with E-state index in [1.807, 2.05) is 0 Å². The van der Waals surface area contributed by atoms with Gasteiger partial charge >= 0.3 is 5.97 Å². The zero-order valence-electron chi connectivity index (χ0n) is 8.42. The normalized spacial score (nSPS) is 39.3. The first kappa shape index (κ1) is 10.5. The minimum absolute atomic E-state index is 0.134. The molecule has 1 aliphatic rings. The summed E-state index contributed by atoms with van der Waals surface area (Å²) in [5.74, 6) is 0.336. The van der Waals surface area contributed by atoms with Crippen LogP contribution in [0.1, 0.15) is 33.1 Å². The Morgan fingerprint density at radius 2 is 2.23 bits per heavy atom. The highest BCUT2D eigenvalue weighted by molar-refractivity contribution is 5.67. The zero-order chi connectivity index (χ0) is 10.1. The lowest BCUT2D eigenvalue weighted by molar-refractivity contribution is -0.140. The molecule has 3 N–H and O–H groups in total. The van der Waals surface area contributed by atoms with Crippen LogP contribution < -0.4 is 5.73 Å². The molecule has 0 aromatic heterocycles.